The highest BCUT2D eigenvalue weighted by molar-refractivity contribution is 4.88. The molecular weight excluding hydrogens is 349 g/mol. The highest BCUT2D eigenvalue weighted by Crippen LogP contribution is 2.42. The zero-order chi connectivity index (χ0) is 19.0. The molecule has 0 aliphatic carbocycles. The van der Waals surface area contributed by atoms with Crippen LogP contribution >= 0.6 is 0 Å². The lowest BCUT2D eigenvalue weighted by Crippen LogP contribution is -2.50. The maximum Gasteiger partial charge on any atom is 0.417 e. The molecule has 154 valence electrons. The van der Waals surface area contributed by atoms with E-state index in [0.717, 1.165) is 32.1 Å². The number of hydrogen-bond acceptors (Lipinski definition) is 4. The molecule has 2 saturated heterocycles. The largest absolute Gasteiger partial charge is 0.417 e. The van der Waals surface area contributed by atoms with Crippen LogP contribution in [0.3, 0.4) is 0 Å². The number of alkyl halides is 3. The number of hydrogen-bond donors (Lipinski definition) is 0. The van der Waals surface area contributed by atoms with Gasteiger partial charge in [-0.3, -0.25) is 0 Å². The van der Waals surface area contributed by atoms with Crippen LogP contribution in [0.1, 0.15) is 78.1 Å². The maximum absolute atomic E-state index is 13.8. The Morgan fingerprint density at radius 1 is 1.00 bits per heavy atom. The molecule has 0 amide bonds. The maximum atomic E-state index is 13.8. The van der Waals surface area contributed by atoms with Crippen LogP contribution in [0.15, 0.2) is 0 Å². The number of ether oxygens (including phenoxy) is 4. The summed E-state index contributed by atoms with van der Waals surface area (Å²) in [6.45, 7) is 4.59. The molecule has 0 aromatic carbocycles. The number of rotatable bonds is 9. The van der Waals surface area contributed by atoms with Gasteiger partial charge in [-0.05, 0) is 71.1 Å². The van der Waals surface area contributed by atoms with Gasteiger partial charge in [0, 0.05) is 13.2 Å². The molecule has 0 N–H and O–H groups in total. The van der Waals surface area contributed by atoms with E-state index in [2.05, 4.69) is 0 Å². The van der Waals surface area contributed by atoms with Gasteiger partial charge in [-0.25, -0.2) is 0 Å². The van der Waals surface area contributed by atoms with Crippen molar-refractivity contribution >= 4 is 0 Å². The molecule has 0 radical (unpaired) electrons. The predicted octanol–water partition coefficient (Wildman–Crippen LogP) is 5.34. The van der Waals surface area contributed by atoms with Gasteiger partial charge in [0.05, 0.1) is 6.10 Å². The minimum absolute atomic E-state index is 0.0773. The molecule has 2 aliphatic rings. The van der Waals surface area contributed by atoms with Crippen molar-refractivity contribution in [3.8, 4) is 0 Å². The lowest BCUT2D eigenvalue weighted by atomic mass is 9.91. The standard InChI is InChI=1S/C19H33F3O4/c1-3-18(19(20,21)22,26-17-11-5-7-14-24-17)12-8-9-15(2)25-16-10-4-6-13-23-16/h15-17H,3-14H2,1-2H3. The van der Waals surface area contributed by atoms with Gasteiger partial charge in [0.2, 0.25) is 0 Å². The summed E-state index contributed by atoms with van der Waals surface area (Å²) in [5.74, 6) is 0. The van der Waals surface area contributed by atoms with Gasteiger partial charge in [-0.1, -0.05) is 6.92 Å². The molecule has 4 unspecified atom stereocenters. The third-order valence-electron chi connectivity index (χ3n) is 5.30. The summed E-state index contributed by atoms with van der Waals surface area (Å²) >= 11 is 0. The fourth-order valence-electron chi connectivity index (χ4n) is 3.60. The first kappa shape index (κ1) is 21.9. The fourth-order valence-corrected chi connectivity index (χ4v) is 3.60. The molecule has 0 bridgehead atoms. The third kappa shape index (κ3) is 6.36. The Morgan fingerprint density at radius 3 is 2.12 bits per heavy atom. The summed E-state index contributed by atoms with van der Waals surface area (Å²) in [7, 11) is 0. The lowest BCUT2D eigenvalue weighted by Gasteiger charge is -2.39. The SMILES string of the molecule is CCC(CCCC(C)OC1CCCCO1)(OC1CCCCO1)C(F)(F)F. The van der Waals surface area contributed by atoms with E-state index in [1.54, 1.807) is 0 Å². The zero-order valence-electron chi connectivity index (χ0n) is 16.0. The zero-order valence-corrected chi connectivity index (χ0v) is 16.0. The fraction of sp³-hybridized carbons (Fsp3) is 1.00. The smallest absolute Gasteiger partial charge is 0.353 e. The van der Waals surface area contributed by atoms with Crippen molar-refractivity contribution < 1.29 is 32.1 Å². The molecule has 2 aliphatic heterocycles. The van der Waals surface area contributed by atoms with Crippen molar-refractivity contribution in [1.82, 2.24) is 0 Å². The minimum atomic E-state index is -4.42. The average molecular weight is 382 g/mol. The molecule has 0 aromatic rings. The highest BCUT2D eigenvalue weighted by Gasteiger charge is 2.55. The first-order valence-corrected chi connectivity index (χ1v) is 9.99. The van der Waals surface area contributed by atoms with Crippen molar-refractivity contribution in [1.29, 1.82) is 0 Å². The Hall–Kier alpha value is -0.370. The van der Waals surface area contributed by atoms with Crippen molar-refractivity contribution in [2.45, 2.75) is 109 Å². The second-order valence-electron chi connectivity index (χ2n) is 7.39. The summed E-state index contributed by atoms with van der Waals surface area (Å²) in [5.41, 5.74) is -2.14. The summed E-state index contributed by atoms with van der Waals surface area (Å²) in [6, 6.07) is 0. The summed E-state index contributed by atoms with van der Waals surface area (Å²) < 4.78 is 63.6. The van der Waals surface area contributed by atoms with Crippen LogP contribution in [0.25, 0.3) is 0 Å². The molecule has 2 heterocycles. The van der Waals surface area contributed by atoms with Crippen LogP contribution < -0.4 is 0 Å². The molecule has 4 nitrogen and oxygen atoms in total. The summed E-state index contributed by atoms with van der Waals surface area (Å²) in [4.78, 5) is 0. The molecule has 0 saturated carbocycles. The van der Waals surface area contributed by atoms with E-state index in [1.807, 2.05) is 6.92 Å². The molecule has 4 atom stereocenters. The molecule has 0 aromatic heterocycles. The van der Waals surface area contributed by atoms with Crippen LogP contribution in [-0.2, 0) is 18.9 Å². The van der Waals surface area contributed by atoms with Crippen LogP contribution in [0, 0.1) is 0 Å². The average Bonchev–Trinajstić information content (AvgIpc) is 2.61. The van der Waals surface area contributed by atoms with Gasteiger partial charge in [0.1, 0.15) is 0 Å². The Bertz CT molecular complexity index is 393. The normalized spacial score (nSPS) is 28.5. The Balaban J connectivity index is 1.85. The Kier molecular flexibility index (Phi) is 8.64. The Labute approximate surface area is 154 Å². The molecule has 2 fully saturated rings. The van der Waals surface area contributed by atoms with E-state index < -0.39 is 18.1 Å². The second-order valence-corrected chi connectivity index (χ2v) is 7.39. The molecule has 2 rings (SSSR count). The van der Waals surface area contributed by atoms with Crippen LogP contribution in [0.4, 0.5) is 13.2 Å². The van der Waals surface area contributed by atoms with Gasteiger partial charge >= 0.3 is 6.18 Å². The van der Waals surface area contributed by atoms with Crippen LogP contribution in [0.5, 0.6) is 0 Å². The topological polar surface area (TPSA) is 36.9 Å². The first-order valence-electron chi connectivity index (χ1n) is 9.99. The van der Waals surface area contributed by atoms with Crippen molar-refractivity contribution in [3.63, 3.8) is 0 Å². The van der Waals surface area contributed by atoms with E-state index in [0.29, 0.717) is 32.5 Å². The van der Waals surface area contributed by atoms with Gasteiger partial charge in [-0.2, -0.15) is 13.2 Å². The molecule has 7 heteroatoms. The lowest BCUT2D eigenvalue weighted by molar-refractivity contribution is -0.332. The minimum Gasteiger partial charge on any atom is -0.353 e. The van der Waals surface area contributed by atoms with Crippen molar-refractivity contribution in [3.05, 3.63) is 0 Å². The van der Waals surface area contributed by atoms with E-state index in [4.69, 9.17) is 18.9 Å². The number of halogens is 3. The van der Waals surface area contributed by atoms with Gasteiger partial charge < -0.3 is 18.9 Å². The monoisotopic (exact) mass is 382 g/mol. The second kappa shape index (κ2) is 10.2. The van der Waals surface area contributed by atoms with Crippen molar-refractivity contribution in [2.75, 3.05) is 13.2 Å². The first-order chi connectivity index (χ1) is 12.4. The molecule has 0 spiro atoms. The molecule has 26 heavy (non-hydrogen) atoms. The van der Waals surface area contributed by atoms with E-state index in [9.17, 15) is 13.2 Å². The van der Waals surface area contributed by atoms with Gasteiger partial charge in [0.25, 0.3) is 0 Å². The van der Waals surface area contributed by atoms with Gasteiger partial charge in [0.15, 0.2) is 18.2 Å². The van der Waals surface area contributed by atoms with Crippen LogP contribution in [0.2, 0.25) is 0 Å². The van der Waals surface area contributed by atoms with Gasteiger partial charge in [-0.15, -0.1) is 0 Å². The van der Waals surface area contributed by atoms with Crippen molar-refractivity contribution in [2.24, 2.45) is 0 Å². The van der Waals surface area contributed by atoms with E-state index >= 15 is 0 Å². The highest BCUT2D eigenvalue weighted by atomic mass is 19.4. The quantitative estimate of drug-likeness (QED) is 0.539. The third-order valence-corrected chi connectivity index (χ3v) is 5.30. The predicted molar refractivity (Wildman–Crippen MR) is 91.7 cm³/mol. The van der Waals surface area contributed by atoms with E-state index in [1.165, 1.54) is 6.92 Å². The summed E-state index contributed by atoms with van der Waals surface area (Å²) in [5, 5.41) is 0. The van der Waals surface area contributed by atoms with E-state index in [-0.39, 0.29) is 25.2 Å². The Morgan fingerprint density at radius 2 is 1.62 bits per heavy atom. The molecular formula is C19H33F3O4. The van der Waals surface area contributed by atoms with Crippen LogP contribution in [-0.4, -0.2) is 43.7 Å². The summed E-state index contributed by atoms with van der Waals surface area (Å²) in [6.07, 6.45) is 0.426.